The number of nitrogens with one attached hydrogen (secondary N) is 1. The van der Waals surface area contributed by atoms with E-state index in [9.17, 15) is 9.59 Å². The second-order valence-corrected chi connectivity index (χ2v) is 6.70. The predicted octanol–water partition coefficient (Wildman–Crippen LogP) is 3.71. The zero-order valence-electron chi connectivity index (χ0n) is 14.3. The van der Waals surface area contributed by atoms with E-state index in [1.54, 1.807) is 6.07 Å². The van der Waals surface area contributed by atoms with Crippen molar-refractivity contribution in [3.05, 3.63) is 70.0 Å². The average molecular weight is 333 g/mol. The molecule has 126 valence electrons. The third-order valence-electron chi connectivity index (χ3n) is 5.14. The van der Waals surface area contributed by atoms with Gasteiger partial charge in [-0.2, -0.15) is 0 Å². The second-order valence-electron chi connectivity index (χ2n) is 6.70. The Hall–Kier alpha value is -2.88. The lowest BCUT2D eigenvalue weighted by atomic mass is 9.90. The highest BCUT2D eigenvalue weighted by atomic mass is 16.5. The van der Waals surface area contributed by atoms with Crippen molar-refractivity contribution < 1.29 is 9.53 Å². The number of aryl methyl sites for hydroxylation is 1. The van der Waals surface area contributed by atoms with Gasteiger partial charge >= 0.3 is 5.97 Å². The van der Waals surface area contributed by atoms with Crippen LogP contribution in [0.25, 0.3) is 22.0 Å². The molecule has 0 radical (unpaired) electrons. The average Bonchev–Trinajstić information content (AvgIpc) is 3.43. The molecule has 1 saturated carbocycles. The van der Waals surface area contributed by atoms with Crippen LogP contribution in [0, 0.1) is 6.92 Å². The van der Waals surface area contributed by atoms with Crippen LogP contribution in [0.4, 0.5) is 0 Å². The molecule has 0 saturated heterocycles. The maximum atomic E-state index is 12.2. The first kappa shape index (κ1) is 15.6. The molecule has 4 nitrogen and oxygen atoms in total. The number of fused-ring (bicyclic) bond motifs is 1. The maximum Gasteiger partial charge on any atom is 0.316 e. The van der Waals surface area contributed by atoms with Crippen LogP contribution in [0.3, 0.4) is 0 Å². The molecule has 1 aliphatic carbocycles. The van der Waals surface area contributed by atoms with Crippen molar-refractivity contribution in [1.82, 2.24) is 4.98 Å². The Morgan fingerprint density at radius 2 is 1.92 bits per heavy atom. The number of hydrogen-bond donors (Lipinski definition) is 1. The molecule has 0 aliphatic heterocycles. The summed E-state index contributed by atoms with van der Waals surface area (Å²) in [5, 5.41) is 1.000. The fraction of sp³-hybridized carbons (Fsp3) is 0.238. The third kappa shape index (κ3) is 2.45. The number of methoxy groups -OCH3 is 1. The van der Waals surface area contributed by atoms with Crippen LogP contribution >= 0.6 is 0 Å². The molecule has 0 atom stereocenters. The minimum atomic E-state index is -0.489. The molecule has 4 heteroatoms. The van der Waals surface area contributed by atoms with E-state index >= 15 is 0 Å². The number of hydrogen-bond acceptors (Lipinski definition) is 3. The van der Waals surface area contributed by atoms with E-state index in [2.05, 4.69) is 18.0 Å². The molecule has 0 spiro atoms. The number of esters is 1. The SMILES string of the molecule is COC(=O)C1(c2cccc(-c3c(C)ccc4[nH]c(=O)ccc34)c2)CC1. The summed E-state index contributed by atoms with van der Waals surface area (Å²) in [5.41, 5.74) is 4.46. The van der Waals surface area contributed by atoms with Gasteiger partial charge in [-0.3, -0.25) is 9.59 Å². The number of aromatic nitrogens is 1. The summed E-state index contributed by atoms with van der Waals surface area (Å²) in [5.74, 6) is -0.163. The Balaban J connectivity index is 1.91. The second kappa shape index (κ2) is 5.59. The molecule has 1 heterocycles. The van der Waals surface area contributed by atoms with Gasteiger partial charge < -0.3 is 9.72 Å². The minimum Gasteiger partial charge on any atom is -0.468 e. The van der Waals surface area contributed by atoms with E-state index < -0.39 is 5.41 Å². The van der Waals surface area contributed by atoms with Crippen LogP contribution in [0.5, 0.6) is 0 Å². The van der Waals surface area contributed by atoms with Gasteiger partial charge in [0, 0.05) is 17.0 Å². The van der Waals surface area contributed by atoms with Crippen molar-refractivity contribution in [2.45, 2.75) is 25.2 Å². The monoisotopic (exact) mass is 333 g/mol. The largest absolute Gasteiger partial charge is 0.468 e. The van der Waals surface area contributed by atoms with Gasteiger partial charge in [-0.1, -0.05) is 24.3 Å². The number of H-pyrrole nitrogens is 1. The fourth-order valence-electron chi connectivity index (χ4n) is 3.63. The first-order valence-corrected chi connectivity index (χ1v) is 8.37. The molecule has 1 aromatic heterocycles. The topological polar surface area (TPSA) is 59.2 Å². The van der Waals surface area contributed by atoms with Crippen molar-refractivity contribution in [3.63, 3.8) is 0 Å². The van der Waals surface area contributed by atoms with Crippen molar-refractivity contribution >= 4 is 16.9 Å². The summed E-state index contributed by atoms with van der Waals surface area (Å²) >= 11 is 0. The molecule has 4 rings (SSSR count). The number of pyridine rings is 1. The number of aromatic amines is 1. The van der Waals surface area contributed by atoms with Gasteiger partial charge in [0.2, 0.25) is 5.56 Å². The summed E-state index contributed by atoms with van der Waals surface area (Å²) in [6, 6.07) is 15.4. The van der Waals surface area contributed by atoms with E-state index in [0.29, 0.717) is 0 Å². The summed E-state index contributed by atoms with van der Waals surface area (Å²) in [4.78, 5) is 26.7. The molecule has 1 aliphatic rings. The smallest absolute Gasteiger partial charge is 0.316 e. The van der Waals surface area contributed by atoms with Crippen molar-refractivity contribution in [3.8, 4) is 11.1 Å². The number of rotatable bonds is 3. The van der Waals surface area contributed by atoms with Gasteiger partial charge in [0.15, 0.2) is 0 Å². The molecule has 0 bridgehead atoms. The molecular formula is C21H19NO3. The van der Waals surface area contributed by atoms with Gasteiger partial charge in [0.1, 0.15) is 0 Å². The van der Waals surface area contributed by atoms with E-state index in [-0.39, 0.29) is 11.5 Å². The molecule has 2 aromatic carbocycles. The molecule has 25 heavy (non-hydrogen) atoms. The van der Waals surface area contributed by atoms with Crippen LogP contribution < -0.4 is 5.56 Å². The molecule has 3 aromatic rings. The lowest BCUT2D eigenvalue weighted by molar-refractivity contribution is -0.143. The highest BCUT2D eigenvalue weighted by Gasteiger charge is 2.52. The van der Waals surface area contributed by atoms with Crippen molar-refractivity contribution in [1.29, 1.82) is 0 Å². The number of carbonyl (C=O) groups excluding carboxylic acids is 1. The highest BCUT2D eigenvalue weighted by Crippen LogP contribution is 2.50. The molecular weight excluding hydrogens is 314 g/mol. The predicted molar refractivity (Wildman–Crippen MR) is 97.7 cm³/mol. The molecule has 1 fully saturated rings. The standard InChI is InChI=1S/C21H19NO3/c1-13-6-8-17-16(7-9-18(23)22-17)19(13)14-4-3-5-15(12-14)21(10-11-21)20(24)25-2/h3-9,12H,10-11H2,1-2H3,(H,22,23). The van der Waals surface area contributed by atoms with Gasteiger partial charge in [-0.05, 0) is 60.2 Å². The van der Waals surface area contributed by atoms with Crippen LogP contribution in [0.2, 0.25) is 0 Å². The summed E-state index contributed by atoms with van der Waals surface area (Å²) in [6.07, 6.45) is 1.65. The van der Waals surface area contributed by atoms with Gasteiger partial charge in [0.05, 0.1) is 12.5 Å². The van der Waals surface area contributed by atoms with Crippen molar-refractivity contribution in [2.75, 3.05) is 7.11 Å². The van der Waals surface area contributed by atoms with Crippen LogP contribution in [0.1, 0.15) is 24.0 Å². The summed E-state index contributed by atoms with van der Waals surface area (Å²) in [6.45, 7) is 2.06. The Morgan fingerprint density at radius 3 is 2.64 bits per heavy atom. The summed E-state index contributed by atoms with van der Waals surface area (Å²) < 4.78 is 5.01. The zero-order valence-corrected chi connectivity index (χ0v) is 14.3. The van der Waals surface area contributed by atoms with Gasteiger partial charge in [0.25, 0.3) is 0 Å². The van der Waals surface area contributed by atoms with E-state index in [0.717, 1.165) is 46.0 Å². The van der Waals surface area contributed by atoms with Gasteiger partial charge in [-0.15, -0.1) is 0 Å². The third-order valence-corrected chi connectivity index (χ3v) is 5.14. The maximum absolute atomic E-state index is 12.2. The van der Waals surface area contributed by atoms with Crippen LogP contribution in [-0.2, 0) is 14.9 Å². The Bertz CT molecular complexity index is 1040. The van der Waals surface area contributed by atoms with E-state index in [4.69, 9.17) is 4.74 Å². The van der Waals surface area contributed by atoms with E-state index in [1.165, 1.54) is 7.11 Å². The lowest BCUT2D eigenvalue weighted by Gasteiger charge is -2.16. The number of benzene rings is 2. The molecule has 0 unspecified atom stereocenters. The highest BCUT2D eigenvalue weighted by molar-refractivity contribution is 5.97. The Kier molecular flexibility index (Phi) is 3.49. The van der Waals surface area contributed by atoms with Crippen LogP contribution in [-0.4, -0.2) is 18.1 Å². The minimum absolute atomic E-state index is 0.112. The van der Waals surface area contributed by atoms with E-state index in [1.807, 2.05) is 36.4 Å². The summed E-state index contributed by atoms with van der Waals surface area (Å²) in [7, 11) is 1.44. The molecule has 1 N–H and O–H groups in total. The van der Waals surface area contributed by atoms with Gasteiger partial charge in [-0.25, -0.2) is 0 Å². The molecule has 0 amide bonds. The number of ether oxygens (including phenoxy) is 1. The number of carbonyl (C=O) groups is 1. The Morgan fingerprint density at radius 1 is 1.12 bits per heavy atom. The normalized spacial score (nSPS) is 15.1. The first-order chi connectivity index (χ1) is 12.0. The Labute approximate surface area is 145 Å². The lowest BCUT2D eigenvalue weighted by Crippen LogP contribution is -2.21. The van der Waals surface area contributed by atoms with Crippen LogP contribution in [0.15, 0.2) is 53.3 Å². The fourth-order valence-corrected chi connectivity index (χ4v) is 3.63. The first-order valence-electron chi connectivity index (χ1n) is 8.37. The quantitative estimate of drug-likeness (QED) is 0.743. The van der Waals surface area contributed by atoms with Crippen molar-refractivity contribution in [2.24, 2.45) is 0 Å². The zero-order chi connectivity index (χ0) is 17.6.